The average Bonchev–Trinajstić information content (AvgIpc) is 3.07. The molecular formula is C35H62O15. The molecule has 0 bridgehead atoms. The van der Waals surface area contributed by atoms with E-state index in [1.165, 1.54) is 0 Å². The quantitative estimate of drug-likeness (QED) is 0.265. The number of aliphatic hydroxyl groups is 3. The Kier molecular flexibility index (Phi) is 14.7. The monoisotopic (exact) mass is 722 g/mol. The summed E-state index contributed by atoms with van der Waals surface area (Å²) >= 11 is 0. The number of hydrogen-bond donors (Lipinski definition) is 3. The van der Waals surface area contributed by atoms with Crippen molar-refractivity contribution in [3.8, 4) is 0 Å². The van der Waals surface area contributed by atoms with Gasteiger partial charge in [-0.2, -0.15) is 0 Å². The van der Waals surface area contributed by atoms with Gasteiger partial charge in [0.25, 0.3) is 0 Å². The topological polar surface area (TPSA) is 171 Å². The lowest BCUT2D eigenvalue weighted by atomic mass is 9.92. The Labute approximate surface area is 296 Å². The van der Waals surface area contributed by atoms with Crippen molar-refractivity contribution < 1.29 is 72.2 Å². The van der Waals surface area contributed by atoms with E-state index in [4.69, 9.17) is 56.8 Å². The van der Waals surface area contributed by atoms with Crippen LogP contribution in [-0.4, -0.2) is 160 Å². The summed E-state index contributed by atoms with van der Waals surface area (Å²) in [5.74, 6) is -0.345. The summed E-state index contributed by atoms with van der Waals surface area (Å²) in [6.45, 7) is 11.2. The van der Waals surface area contributed by atoms with E-state index in [0.717, 1.165) is 6.42 Å². The van der Waals surface area contributed by atoms with Crippen LogP contribution >= 0.6 is 0 Å². The maximum atomic E-state index is 11.3. The Hall–Kier alpha value is -0.600. The van der Waals surface area contributed by atoms with Crippen molar-refractivity contribution >= 4 is 0 Å². The maximum Gasteiger partial charge on any atom is 0.161 e. The molecule has 0 aliphatic carbocycles. The maximum absolute atomic E-state index is 11.3. The van der Waals surface area contributed by atoms with E-state index in [9.17, 15) is 15.3 Å². The van der Waals surface area contributed by atoms with Gasteiger partial charge in [0.2, 0.25) is 0 Å². The van der Waals surface area contributed by atoms with Crippen molar-refractivity contribution in [3.05, 3.63) is 0 Å². The first-order valence-corrected chi connectivity index (χ1v) is 18.3. The van der Waals surface area contributed by atoms with Crippen LogP contribution < -0.4 is 0 Å². The van der Waals surface area contributed by atoms with Crippen LogP contribution in [0.1, 0.15) is 73.6 Å². The molecule has 5 aliphatic heterocycles. The van der Waals surface area contributed by atoms with Crippen LogP contribution in [0.5, 0.6) is 0 Å². The predicted molar refractivity (Wildman–Crippen MR) is 175 cm³/mol. The smallest absolute Gasteiger partial charge is 0.161 e. The largest absolute Gasteiger partial charge is 0.396 e. The van der Waals surface area contributed by atoms with E-state index in [2.05, 4.69) is 0 Å². The van der Waals surface area contributed by atoms with Gasteiger partial charge in [0.1, 0.15) is 24.4 Å². The standard InChI is InChI=1S/C35H62O15/c1-16-10-24(39-7)33(19(4)42-16)50-30-14-26(41-9)35(21(6)46-30)49-28-12-23(37)32(18(3)44-28)47-29-13-25(40-8)34(20(5)45-29)48-27-11-22(15-36)31(38)17(2)43-27/h16-38H,10-15H2,1-9H3. The Morgan fingerprint density at radius 2 is 0.860 bits per heavy atom. The van der Waals surface area contributed by atoms with Gasteiger partial charge in [0.05, 0.1) is 67.1 Å². The van der Waals surface area contributed by atoms with Crippen LogP contribution in [0.4, 0.5) is 0 Å². The van der Waals surface area contributed by atoms with Crippen LogP contribution in [0.25, 0.3) is 0 Å². The number of methoxy groups -OCH3 is 3. The number of rotatable bonds is 12. The highest BCUT2D eigenvalue weighted by Gasteiger charge is 2.48. The van der Waals surface area contributed by atoms with E-state index >= 15 is 0 Å². The molecule has 5 fully saturated rings. The van der Waals surface area contributed by atoms with Gasteiger partial charge in [-0.25, -0.2) is 0 Å². The summed E-state index contributed by atoms with van der Waals surface area (Å²) < 4.78 is 73.4. The summed E-state index contributed by atoms with van der Waals surface area (Å²) in [5, 5.41) is 31.3. The van der Waals surface area contributed by atoms with Gasteiger partial charge in [0, 0.05) is 66.0 Å². The molecule has 0 aromatic heterocycles. The SMILES string of the molecule is COC1CC(C)OC(C)C1OC1CC(OC)C(OC2CC(O)C(OC3CC(OC)C(OC4CC(CO)C(O)C(C)O4)C(C)O3)C(C)O2)C(C)O1. The molecule has 5 aliphatic rings. The fraction of sp³-hybridized carbons (Fsp3) is 1.00. The Bertz CT molecular complexity index is 1010. The molecule has 5 heterocycles. The molecule has 0 amide bonds. The highest BCUT2D eigenvalue weighted by Crippen LogP contribution is 2.36. The number of ether oxygens (including phenoxy) is 12. The summed E-state index contributed by atoms with van der Waals surface area (Å²) in [5.41, 5.74) is 0. The molecule has 3 N–H and O–H groups in total. The molecule has 20 unspecified atom stereocenters. The van der Waals surface area contributed by atoms with Crippen molar-refractivity contribution in [1.82, 2.24) is 0 Å². The van der Waals surface area contributed by atoms with Gasteiger partial charge in [-0.3, -0.25) is 0 Å². The fourth-order valence-corrected chi connectivity index (χ4v) is 8.14. The zero-order valence-electron chi connectivity index (χ0n) is 31.0. The molecule has 5 saturated heterocycles. The zero-order chi connectivity index (χ0) is 36.3. The van der Waals surface area contributed by atoms with Crippen LogP contribution in [0.2, 0.25) is 0 Å². The van der Waals surface area contributed by atoms with Crippen molar-refractivity contribution in [2.45, 2.75) is 190 Å². The molecule has 20 atom stereocenters. The first-order chi connectivity index (χ1) is 23.8. The first-order valence-electron chi connectivity index (χ1n) is 18.3. The third kappa shape index (κ3) is 9.54. The van der Waals surface area contributed by atoms with Gasteiger partial charge < -0.3 is 72.2 Å². The molecule has 15 heteroatoms. The molecule has 292 valence electrons. The van der Waals surface area contributed by atoms with E-state index in [1.807, 2.05) is 34.6 Å². The summed E-state index contributed by atoms with van der Waals surface area (Å²) in [6.07, 6.45) is -6.79. The van der Waals surface area contributed by atoms with E-state index < -0.39 is 74.0 Å². The van der Waals surface area contributed by atoms with Crippen molar-refractivity contribution in [2.75, 3.05) is 27.9 Å². The van der Waals surface area contributed by atoms with Crippen LogP contribution in [0.3, 0.4) is 0 Å². The Morgan fingerprint density at radius 1 is 0.480 bits per heavy atom. The molecular weight excluding hydrogens is 660 g/mol. The second kappa shape index (κ2) is 18.2. The second-order valence-corrected chi connectivity index (χ2v) is 14.6. The lowest BCUT2D eigenvalue weighted by Gasteiger charge is -2.47. The molecule has 15 nitrogen and oxygen atoms in total. The molecule has 50 heavy (non-hydrogen) atoms. The van der Waals surface area contributed by atoms with Gasteiger partial charge in [-0.1, -0.05) is 0 Å². The van der Waals surface area contributed by atoms with Gasteiger partial charge in [0.15, 0.2) is 25.2 Å². The summed E-state index contributed by atoms with van der Waals surface area (Å²) in [4.78, 5) is 0. The van der Waals surface area contributed by atoms with E-state index in [-0.39, 0.29) is 61.7 Å². The Balaban J connectivity index is 1.12. The minimum absolute atomic E-state index is 0.0847. The molecule has 5 rings (SSSR count). The molecule has 0 saturated carbocycles. The zero-order valence-corrected chi connectivity index (χ0v) is 31.0. The number of aliphatic hydroxyl groups excluding tert-OH is 3. The van der Waals surface area contributed by atoms with Gasteiger partial charge in [-0.15, -0.1) is 0 Å². The highest BCUT2D eigenvalue weighted by atomic mass is 16.8. The highest BCUT2D eigenvalue weighted by molar-refractivity contribution is 4.91. The lowest BCUT2D eigenvalue weighted by molar-refractivity contribution is -0.348. The fourth-order valence-electron chi connectivity index (χ4n) is 8.14. The molecule has 0 radical (unpaired) electrons. The van der Waals surface area contributed by atoms with Crippen molar-refractivity contribution in [1.29, 1.82) is 0 Å². The third-order valence-electron chi connectivity index (χ3n) is 10.9. The van der Waals surface area contributed by atoms with Crippen molar-refractivity contribution in [3.63, 3.8) is 0 Å². The van der Waals surface area contributed by atoms with Crippen LogP contribution in [0, 0.1) is 5.92 Å². The first kappa shape index (κ1) is 40.6. The number of hydrogen-bond acceptors (Lipinski definition) is 15. The lowest BCUT2D eigenvalue weighted by Crippen LogP contribution is -2.58. The summed E-state index contributed by atoms with van der Waals surface area (Å²) in [7, 11) is 4.93. The molecule has 0 aromatic rings. The van der Waals surface area contributed by atoms with Crippen molar-refractivity contribution in [2.24, 2.45) is 5.92 Å². The van der Waals surface area contributed by atoms with Gasteiger partial charge >= 0.3 is 0 Å². The van der Waals surface area contributed by atoms with E-state index in [1.54, 1.807) is 28.3 Å². The van der Waals surface area contributed by atoms with Gasteiger partial charge in [-0.05, 0) is 41.5 Å². The normalized spacial score (nSPS) is 50.6. The predicted octanol–water partition coefficient (Wildman–Crippen LogP) is 1.64. The second-order valence-electron chi connectivity index (χ2n) is 14.6. The minimum Gasteiger partial charge on any atom is -0.396 e. The third-order valence-corrected chi connectivity index (χ3v) is 10.9. The molecule has 0 aromatic carbocycles. The Morgan fingerprint density at radius 3 is 1.32 bits per heavy atom. The van der Waals surface area contributed by atoms with Crippen LogP contribution in [0.15, 0.2) is 0 Å². The van der Waals surface area contributed by atoms with E-state index in [0.29, 0.717) is 19.3 Å². The minimum atomic E-state index is -0.894. The van der Waals surface area contributed by atoms with Crippen LogP contribution in [-0.2, 0) is 56.8 Å². The molecule has 0 spiro atoms. The average molecular weight is 723 g/mol. The summed E-state index contributed by atoms with van der Waals surface area (Å²) in [6, 6.07) is 0.